The Morgan fingerprint density at radius 3 is 2.14 bits per heavy atom. The van der Waals surface area contributed by atoms with Gasteiger partial charge in [-0.05, 0) is 30.0 Å². The van der Waals surface area contributed by atoms with E-state index in [1.165, 1.54) is 16.7 Å². The number of aryl methyl sites for hydroxylation is 3. The number of hydrogen-bond acceptors (Lipinski definition) is 1. The molecule has 0 aliphatic rings. The van der Waals surface area contributed by atoms with Gasteiger partial charge in [0.15, 0.2) is 5.69 Å². The van der Waals surface area contributed by atoms with Crippen molar-refractivity contribution in [3.8, 4) is 22.6 Å². The Hall–Kier alpha value is -2.48. The van der Waals surface area contributed by atoms with Crippen LogP contribution in [0.1, 0.15) is 11.1 Å². The average Bonchev–Trinajstić information content (AvgIpc) is 2.50. The van der Waals surface area contributed by atoms with E-state index in [0.717, 1.165) is 17.1 Å². The van der Waals surface area contributed by atoms with Crippen LogP contribution in [-0.2, 0) is 7.05 Å². The SMILES string of the molecule is Cc1cccc(C)c1-c1nc(-c2ccccc2)cc[n+]1C. The summed E-state index contributed by atoms with van der Waals surface area (Å²) in [5, 5.41) is 0. The van der Waals surface area contributed by atoms with Crippen molar-refractivity contribution in [2.45, 2.75) is 13.8 Å². The highest BCUT2D eigenvalue weighted by Gasteiger charge is 2.19. The zero-order valence-electron chi connectivity index (χ0n) is 12.7. The van der Waals surface area contributed by atoms with Gasteiger partial charge in [-0.2, -0.15) is 0 Å². The van der Waals surface area contributed by atoms with E-state index in [2.05, 4.69) is 61.0 Å². The third kappa shape index (κ3) is 2.57. The fraction of sp³-hybridized carbons (Fsp3) is 0.158. The molecule has 1 aromatic heterocycles. The first kappa shape index (κ1) is 13.5. The molecule has 2 aromatic carbocycles. The molecule has 0 aliphatic carbocycles. The monoisotopic (exact) mass is 275 g/mol. The molecule has 0 bridgehead atoms. The van der Waals surface area contributed by atoms with Crippen molar-refractivity contribution in [3.05, 3.63) is 71.9 Å². The van der Waals surface area contributed by atoms with Gasteiger partial charge in [0.25, 0.3) is 0 Å². The second kappa shape index (κ2) is 5.49. The molecule has 0 amide bonds. The van der Waals surface area contributed by atoms with Gasteiger partial charge in [0, 0.05) is 11.6 Å². The Bertz CT molecular complexity index is 757. The van der Waals surface area contributed by atoms with Crippen LogP contribution in [0.5, 0.6) is 0 Å². The molecule has 104 valence electrons. The molecule has 2 heteroatoms. The minimum atomic E-state index is 1.01. The molecular weight excluding hydrogens is 256 g/mol. The summed E-state index contributed by atoms with van der Waals surface area (Å²) in [5.74, 6) is 1.01. The van der Waals surface area contributed by atoms with Crippen molar-refractivity contribution in [1.29, 1.82) is 0 Å². The van der Waals surface area contributed by atoms with Gasteiger partial charge in [-0.25, -0.2) is 4.57 Å². The summed E-state index contributed by atoms with van der Waals surface area (Å²) in [6.45, 7) is 4.28. The maximum atomic E-state index is 4.90. The second-order valence-electron chi connectivity index (χ2n) is 5.38. The van der Waals surface area contributed by atoms with Gasteiger partial charge in [-0.15, -0.1) is 0 Å². The van der Waals surface area contributed by atoms with Crippen LogP contribution in [0.3, 0.4) is 0 Å². The Labute approximate surface area is 125 Å². The fourth-order valence-corrected chi connectivity index (χ4v) is 2.65. The molecular formula is C19H19N2+. The minimum Gasteiger partial charge on any atom is -0.233 e. The molecule has 0 fully saturated rings. The maximum Gasteiger partial charge on any atom is 0.331 e. The summed E-state index contributed by atoms with van der Waals surface area (Å²) >= 11 is 0. The highest BCUT2D eigenvalue weighted by molar-refractivity contribution is 5.66. The standard InChI is InChI=1S/C19H19N2/c1-14-8-7-9-15(2)18(14)19-20-17(12-13-21(19)3)16-10-5-4-6-11-16/h4-13H,1-3H3/q+1. The smallest absolute Gasteiger partial charge is 0.233 e. The molecule has 3 aromatic rings. The van der Waals surface area contributed by atoms with Gasteiger partial charge in [-0.3, -0.25) is 0 Å². The average molecular weight is 275 g/mol. The molecule has 0 radical (unpaired) electrons. The van der Waals surface area contributed by atoms with Crippen LogP contribution in [0.25, 0.3) is 22.6 Å². The van der Waals surface area contributed by atoms with Crippen molar-refractivity contribution in [2.24, 2.45) is 7.05 Å². The molecule has 0 aliphatic heterocycles. The first-order valence-corrected chi connectivity index (χ1v) is 7.15. The Balaban J connectivity index is 2.20. The normalized spacial score (nSPS) is 10.6. The molecule has 3 rings (SSSR count). The lowest BCUT2D eigenvalue weighted by molar-refractivity contribution is -0.663. The molecule has 21 heavy (non-hydrogen) atoms. The second-order valence-corrected chi connectivity index (χ2v) is 5.38. The van der Waals surface area contributed by atoms with E-state index in [1.807, 2.05) is 25.2 Å². The maximum absolute atomic E-state index is 4.90. The number of rotatable bonds is 2. The Morgan fingerprint density at radius 1 is 0.810 bits per heavy atom. The molecule has 0 N–H and O–H groups in total. The third-order valence-corrected chi connectivity index (χ3v) is 3.79. The minimum absolute atomic E-state index is 1.01. The Morgan fingerprint density at radius 2 is 1.48 bits per heavy atom. The summed E-state index contributed by atoms with van der Waals surface area (Å²) in [6.07, 6.45) is 2.08. The molecule has 0 saturated heterocycles. The molecule has 1 heterocycles. The topological polar surface area (TPSA) is 16.8 Å². The molecule has 2 nitrogen and oxygen atoms in total. The lowest BCUT2D eigenvalue weighted by atomic mass is 10.0. The van der Waals surface area contributed by atoms with Crippen molar-refractivity contribution in [3.63, 3.8) is 0 Å². The third-order valence-electron chi connectivity index (χ3n) is 3.79. The molecule has 0 spiro atoms. The van der Waals surface area contributed by atoms with Gasteiger partial charge in [0.2, 0.25) is 0 Å². The molecule has 0 saturated carbocycles. The summed E-state index contributed by atoms with van der Waals surface area (Å²) in [5.41, 5.74) is 5.88. The van der Waals surface area contributed by atoms with Crippen LogP contribution in [-0.4, -0.2) is 4.98 Å². The van der Waals surface area contributed by atoms with Gasteiger partial charge in [-0.1, -0.05) is 48.5 Å². The first-order chi connectivity index (χ1) is 10.2. The van der Waals surface area contributed by atoms with E-state index in [9.17, 15) is 0 Å². The first-order valence-electron chi connectivity index (χ1n) is 7.15. The van der Waals surface area contributed by atoms with Gasteiger partial charge in [0.05, 0.1) is 18.8 Å². The van der Waals surface area contributed by atoms with Crippen LogP contribution in [0.4, 0.5) is 0 Å². The van der Waals surface area contributed by atoms with Crippen LogP contribution < -0.4 is 4.57 Å². The van der Waals surface area contributed by atoms with E-state index in [1.54, 1.807) is 0 Å². The number of nitrogens with zero attached hydrogens (tertiary/aromatic N) is 2. The largest absolute Gasteiger partial charge is 0.331 e. The highest BCUT2D eigenvalue weighted by Crippen LogP contribution is 2.25. The zero-order valence-corrected chi connectivity index (χ0v) is 12.7. The summed E-state index contributed by atoms with van der Waals surface area (Å²) in [4.78, 5) is 4.90. The quantitative estimate of drug-likeness (QED) is 0.649. The van der Waals surface area contributed by atoms with E-state index in [4.69, 9.17) is 4.98 Å². The number of benzene rings is 2. The van der Waals surface area contributed by atoms with Crippen molar-refractivity contribution >= 4 is 0 Å². The lowest BCUT2D eigenvalue weighted by Crippen LogP contribution is -2.32. The van der Waals surface area contributed by atoms with Crippen LogP contribution >= 0.6 is 0 Å². The van der Waals surface area contributed by atoms with Crippen molar-refractivity contribution in [2.75, 3.05) is 0 Å². The van der Waals surface area contributed by atoms with Crippen LogP contribution in [0, 0.1) is 13.8 Å². The molecule has 0 atom stereocenters. The van der Waals surface area contributed by atoms with Gasteiger partial charge in [0.1, 0.15) is 0 Å². The lowest BCUT2D eigenvalue weighted by Gasteiger charge is -2.07. The zero-order chi connectivity index (χ0) is 14.8. The van der Waals surface area contributed by atoms with Gasteiger partial charge >= 0.3 is 5.82 Å². The van der Waals surface area contributed by atoms with Gasteiger partial charge < -0.3 is 0 Å². The predicted molar refractivity (Wildman–Crippen MR) is 85.8 cm³/mol. The Kier molecular flexibility index (Phi) is 3.53. The number of aromatic nitrogens is 2. The summed E-state index contributed by atoms with van der Waals surface area (Å²) in [6, 6.07) is 18.7. The van der Waals surface area contributed by atoms with E-state index < -0.39 is 0 Å². The fourth-order valence-electron chi connectivity index (χ4n) is 2.65. The van der Waals surface area contributed by atoms with Crippen molar-refractivity contribution in [1.82, 2.24) is 4.98 Å². The summed E-state index contributed by atoms with van der Waals surface area (Å²) < 4.78 is 2.09. The molecule has 0 unspecified atom stereocenters. The van der Waals surface area contributed by atoms with Crippen LogP contribution in [0.15, 0.2) is 60.8 Å². The number of hydrogen-bond donors (Lipinski definition) is 0. The summed E-state index contributed by atoms with van der Waals surface area (Å²) in [7, 11) is 2.04. The van der Waals surface area contributed by atoms with Crippen molar-refractivity contribution < 1.29 is 4.57 Å². The predicted octanol–water partition coefficient (Wildman–Crippen LogP) is 3.86. The van der Waals surface area contributed by atoms with E-state index >= 15 is 0 Å². The van der Waals surface area contributed by atoms with E-state index in [-0.39, 0.29) is 0 Å². The highest BCUT2D eigenvalue weighted by atomic mass is 15.0. The van der Waals surface area contributed by atoms with Crippen LogP contribution in [0.2, 0.25) is 0 Å². The van der Waals surface area contributed by atoms with E-state index in [0.29, 0.717) is 0 Å².